The van der Waals surface area contributed by atoms with Crippen LogP contribution in [0.3, 0.4) is 0 Å². The van der Waals surface area contributed by atoms with E-state index in [0.717, 1.165) is 25.7 Å². The molecule has 1 aromatic heterocycles. The van der Waals surface area contributed by atoms with E-state index in [9.17, 15) is 19.7 Å². The average Bonchev–Trinajstić information content (AvgIpc) is 2.88. The topological polar surface area (TPSA) is 105 Å². The molecule has 1 saturated heterocycles. The third kappa shape index (κ3) is 3.30. The molecule has 1 aliphatic heterocycles. The van der Waals surface area contributed by atoms with Gasteiger partial charge in [0.1, 0.15) is 12.0 Å². The van der Waals surface area contributed by atoms with Gasteiger partial charge in [-0.25, -0.2) is 4.98 Å². The van der Waals surface area contributed by atoms with Crippen LogP contribution in [0.15, 0.2) is 18.3 Å². The van der Waals surface area contributed by atoms with Gasteiger partial charge in [-0.15, -0.1) is 0 Å². The van der Waals surface area contributed by atoms with E-state index < -0.39 is 4.92 Å². The van der Waals surface area contributed by atoms with Crippen molar-refractivity contribution >= 4 is 23.3 Å². The molecular weight excluding hydrogens is 300 g/mol. The number of amides is 2. The Bertz CT molecular complexity index is 607. The largest absolute Gasteiger partial charge is 0.367 e. The summed E-state index contributed by atoms with van der Waals surface area (Å²) in [6, 6.07) is 3.23. The van der Waals surface area contributed by atoms with Crippen LogP contribution in [0.4, 0.5) is 11.5 Å². The molecule has 2 amide bonds. The number of nitrogens with one attached hydrogen (secondary N) is 1. The molecule has 1 aromatic rings. The molecule has 0 unspecified atom stereocenters. The van der Waals surface area contributed by atoms with Gasteiger partial charge >= 0.3 is 0 Å². The Labute approximate surface area is 133 Å². The van der Waals surface area contributed by atoms with E-state index in [4.69, 9.17) is 0 Å². The zero-order valence-corrected chi connectivity index (χ0v) is 12.6. The molecule has 2 fully saturated rings. The van der Waals surface area contributed by atoms with E-state index in [-0.39, 0.29) is 29.6 Å². The summed E-state index contributed by atoms with van der Waals surface area (Å²) in [7, 11) is 0. The van der Waals surface area contributed by atoms with Gasteiger partial charge in [-0.1, -0.05) is 0 Å². The smallest absolute Gasteiger partial charge is 0.287 e. The van der Waals surface area contributed by atoms with Crippen LogP contribution < -0.4 is 5.32 Å². The molecule has 1 aliphatic carbocycles. The van der Waals surface area contributed by atoms with Crippen LogP contribution in [0.1, 0.15) is 38.5 Å². The van der Waals surface area contributed by atoms with Crippen molar-refractivity contribution in [2.75, 3.05) is 5.32 Å². The Morgan fingerprint density at radius 2 is 1.78 bits per heavy atom. The predicted octanol–water partition coefficient (Wildman–Crippen LogP) is 1.86. The number of likely N-dealkylation sites (tertiary alicyclic amines) is 1. The summed E-state index contributed by atoms with van der Waals surface area (Å²) in [5.41, 5.74) is -0.0367. The summed E-state index contributed by atoms with van der Waals surface area (Å²) >= 11 is 0. The third-order valence-corrected chi connectivity index (χ3v) is 4.46. The first-order valence-electron chi connectivity index (χ1n) is 7.76. The number of hydrogen-bond acceptors (Lipinski definition) is 6. The second-order valence-electron chi connectivity index (χ2n) is 5.97. The highest BCUT2D eigenvalue weighted by Gasteiger charge is 2.36. The van der Waals surface area contributed by atoms with Crippen molar-refractivity contribution in [3.8, 4) is 0 Å². The SMILES string of the molecule is O=C1CCC(=O)N1C1CCC(Nc2ccc([N+](=O)[O-])cn2)CC1. The van der Waals surface area contributed by atoms with Gasteiger partial charge in [0.25, 0.3) is 5.69 Å². The molecular formula is C15H18N4O4. The lowest BCUT2D eigenvalue weighted by molar-refractivity contribution is -0.385. The molecule has 3 rings (SSSR count). The number of carbonyl (C=O) groups is 2. The monoisotopic (exact) mass is 318 g/mol. The number of pyridine rings is 1. The van der Waals surface area contributed by atoms with Crippen molar-refractivity contribution in [3.63, 3.8) is 0 Å². The van der Waals surface area contributed by atoms with Gasteiger partial charge in [-0.3, -0.25) is 24.6 Å². The van der Waals surface area contributed by atoms with E-state index >= 15 is 0 Å². The number of rotatable bonds is 4. The number of nitro groups is 1. The predicted molar refractivity (Wildman–Crippen MR) is 81.6 cm³/mol. The van der Waals surface area contributed by atoms with E-state index in [1.54, 1.807) is 6.07 Å². The Kier molecular flexibility index (Phi) is 4.22. The quantitative estimate of drug-likeness (QED) is 0.516. The van der Waals surface area contributed by atoms with E-state index in [0.29, 0.717) is 18.7 Å². The maximum atomic E-state index is 11.8. The summed E-state index contributed by atoms with van der Waals surface area (Å²) in [4.78, 5) is 39.1. The van der Waals surface area contributed by atoms with Crippen LogP contribution in [0.5, 0.6) is 0 Å². The molecule has 23 heavy (non-hydrogen) atoms. The molecule has 2 aliphatic rings. The maximum absolute atomic E-state index is 11.8. The van der Waals surface area contributed by atoms with Gasteiger partial charge in [0.05, 0.1) is 4.92 Å². The number of carbonyl (C=O) groups excluding carboxylic acids is 2. The summed E-state index contributed by atoms with van der Waals surface area (Å²) < 4.78 is 0. The molecule has 0 atom stereocenters. The highest BCUT2D eigenvalue weighted by Crippen LogP contribution is 2.28. The van der Waals surface area contributed by atoms with Crippen LogP contribution in [-0.2, 0) is 9.59 Å². The van der Waals surface area contributed by atoms with Gasteiger partial charge in [0.15, 0.2) is 0 Å². The minimum absolute atomic E-state index is 0.0142. The summed E-state index contributed by atoms with van der Waals surface area (Å²) in [5, 5.41) is 13.9. The maximum Gasteiger partial charge on any atom is 0.287 e. The van der Waals surface area contributed by atoms with Crippen molar-refractivity contribution in [1.29, 1.82) is 0 Å². The normalized spacial score (nSPS) is 24.8. The van der Waals surface area contributed by atoms with Crippen molar-refractivity contribution < 1.29 is 14.5 Å². The van der Waals surface area contributed by atoms with Gasteiger partial charge < -0.3 is 5.32 Å². The summed E-state index contributed by atoms with van der Waals surface area (Å²) in [5.74, 6) is 0.499. The van der Waals surface area contributed by atoms with Crippen LogP contribution in [0, 0.1) is 10.1 Å². The van der Waals surface area contributed by atoms with Gasteiger partial charge in [-0.05, 0) is 31.7 Å². The van der Waals surface area contributed by atoms with E-state index in [1.807, 2.05) is 0 Å². The minimum atomic E-state index is -0.480. The number of imide groups is 1. The zero-order valence-electron chi connectivity index (χ0n) is 12.6. The molecule has 0 radical (unpaired) electrons. The summed E-state index contributed by atoms with van der Waals surface area (Å²) in [6.45, 7) is 0. The first-order valence-corrected chi connectivity index (χ1v) is 7.76. The van der Waals surface area contributed by atoms with Crippen LogP contribution >= 0.6 is 0 Å². The van der Waals surface area contributed by atoms with Crippen molar-refractivity contribution in [2.24, 2.45) is 0 Å². The van der Waals surface area contributed by atoms with Crippen molar-refractivity contribution in [1.82, 2.24) is 9.88 Å². The Hall–Kier alpha value is -2.51. The molecule has 0 bridgehead atoms. The van der Waals surface area contributed by atoms with Gasteiger partial charge in [-0.2, -0.15) is 0 Å². The van der Waals surface area contributed by atoms with E-state index in [1.165, 1.54) is 17.2 Å². The lowest BCUT2D eigenvalue weighted by Gasteiger charge is -2.33. The van der Waals surface area contributed by atoms with Crippen molar-refractivity contribution in [3.05, 3.63) is 28.4 Å². The van der Waals surface area contributed by atoms with Crippen LogP contribution in [0.25, 0.3) is 0 Å². The second-order valence-corrected chi connectivity index (χ2v) is 5.97. The standard InChI is InChI=1S/C15H18N4O4/c20-14-7-8-15(21)18(14)11-3-1-10(2-4-11)17-13-6-5-12(9-16-13)19(22)23/h5-6,9-11H,1-4,7-8H2,(H,16,17). The molecule has 8 nitrogen and oxygen atoms in total. The third-order valence-electron chi connectivity index (χ3n) is 4.46. The van der Waals surface area contributed by atoms with E-state index in [2.05, 4.69) is 10.3 Å². The number of hydrogen-bond donors (Lipinski definition) is 1. The fraction of sp³-hybridized carbons (Fsp3) is 0.533. The van der Waals surface area contributed by atoms with Gasteiger partial charge in [0.2, 0.25) is 11.8 Å². The minimum Gasteiger partial charge on any atom is -0.367 e. The fourth-order valence-electron chi connectivity index (χ4n) is 3.27. The Balaban J connectivity index is 1.54. The van der Waals surface area contributed by atoms with Crippen molar-refractivity contribution in [2.45, 2.75) is 50.6 Å². The molecule has 1 saturated carbocycles. The molecule has 0 aromatic carbocycles. The number of anilines is 1. The molecule has 0 spiro atoms. The lowest BCUT2D eigenvalue weighted by Crippen LogP contribution is -2.43. The zero-order chi connectivity index (χ0) is 16.4. The van der Waals surface area contributed by atoms with Crippen LogP contribution in [-0.4, -0.2) is 38.7 Å². The Morgan fingerprint density at radius 1 is 1.13 bits per heavy atom. The molecule has 2 heterocycles. The summed E-state index contributed by atoms with van der Waals surface area (Å²) in [6.07, 6.45) is 5.13. The first kappa shape index (κ1) is 15.4. The molecule has 8 heteroatoms. The highest BCUT2D eigenvalue weighted by atomic mass is 16.6. The number of aromatic nitrogens is 1. The highest BCUT2D eigenvalue weighted by molar-refractivity contribution is 6.02. The fourth-order valence-corrected chi connectivity index (χ4v) is 3.27. The van der Waals surface area contributed by atoms with Gasteiger partial charge in [0, 0.05) is 31.0 Å². The van der Waals surface area contributed by atoms with Crippen LogP contribution in [0.2, 0.25) is 0 Å². The molecule has 1 N–H and O–H groups in total. The lowest BCUT2D eigenvalue weighted by atomic mass is 9.90. The molecule has 122 valence electrons. The first-order chi connectivity index (χ1) is 11.0. The Morgan fingerprint density at radius 3 is 2.30 bits per heavy atom. The number of nitrogens with zero attached hydrogens (tertiary/aromatic N) is 3. The second kappa shape index (κ2) is 6.31. The average molecular weight is 318 g/mol.